The number of nitrogens with zero attached hydrogens (tertiary/aromatic N) is 3. The monoisotopic (exact) mass is 407 g/mol. The van der Waals surface area contributed by atoms with E-state index >= 15 is 0 Å². The van der Waals surface area contributed by atoms with Gasteiger partial charge in [-0.05, 0) is 55.5 Å². The van der Waals surface area contributed by atoms with Crippen molar-refractivity contribution in [2.75, 3.05) is 0 Å². The van der Waals surface area contributed by atoms with E-state index in [1.807, 2.05) is 0 Å². The molecule has 0 saturated carbocycles. The summed E-state index contributed by atoms with van der Waals surface area (Å²) in [6, 6.07) is 11.4. The van der Waals surface area contributed by atoms with Crippen LogP contribution in [0.4, 0.5) is 13.2 Å². The van der Waals surface area contributed by atoms with Gasteiger partial charge >= 0.3 is 6.61 Å². The molecule has 2 aromatic carbocycles. The smallest absolute Gasteiger partial charge is 0.387 e. The van der Waals surface area contributed by atoms with Gasteiger partial charge in [-0.1, -0.05) is 11.8 Å². The number of ketones is 1. The molecular formula is C19H16F3N3O2S. The Bertz CT molecular complexity index is 960. The predicted molar refractivity (Wildman–Crippen MR) is 99.1 cm³/mol. The molecule has 1 atom stereocenters. The lowest BCUT2D eigenvalue weighted by Crippen LogP contribution is -2.14. The fraction of sp³-hybridized carbons (Fsp3) is 0.211. The van der Waals surface area contributed by atoms with E-state index in [0.717, 1.165) is 0 Å². The highest BCUT2D eigenvalue weighted by Gasteiger charge is 2.21. The molecule has 0 bridgehead atoms. The Morgan fingerprint density at radius 2 is 1.71 bits per heavy atom. The van der Waals surface area contributed by atoms with Crippen LogP contribution in [-0.4, -0.2) is 32.4 Å². The van der Waals surface area contributed by atoms with Crippen molar-refractivity contribution < 1.29 is 22.7 Å². The summed E-state index contributed by atoms with van der Waals surface area (Å²) in [5.41, 5.74) is 1.08. The Morgan fingerprint density at radius 3 is 2.32 bits per heavy atom. The highest BCUT2D eigenvalue weighted by molar-refractivity contribution is 8.00. The molecule has 1 heterocycles. The van der Waals surface area contributed by atoms with Crippen molar-refractivity contribution in [2.45, 2.75) is 23.9 Å². The lowest BCUT2D eigenvalue weighted by atomic mass is 10.1. The first-order valence-corrected chi connectivity index (χ1v) is 9.14. The Hall–Kier alpha value is -2.81. The summed E-state index contributed by atoms with van der Waals surface area (Å²) in [4.78, 5) is 12.6. The average Bonchev–Trinajstić information content (AvgIpc) is 3.02. The Kier molecular flexibility index (Phi) is 6.03. The molecule has 0 saturated heterocycles. The lowest BCUT2D eigenvalue weighted by Gasteiger charge is -2.11. The maximum absolute atomic E-state index is 13.1. The Morgan fingerprint density at radius 1 is 1.07 bits per heavy atom. The molecule has 0 aliphatic carbocycles. The number of carbonyl (C=O) groups excluding carboxylic acids is 1. The number of carbonyl (C=O) groups is 1. The third-order valence-electron chi connectivity index (χ3n) is 3.95. The van der Waals surface area contributed by atoms with Crippen LogP contribution in [-0.2, 0) is 7.05 Å². The van der Waals surface area contributed by atoms with Gasteiger partial charge < -0.3 is 9.30 Å². The molecule has 0 unspecified atom stereocenters. The molecule has 0 radical (unpaired) electrons. The van der Waals surface area contributed by atoms with Crippen molar-refractivity contribution in [1.82, 2.24) is 14.8 Å². The van der Waals surface area contributed by atoms with Crippen LogP contribution in [0.1, 0.15) is 17.3 Å². The quantitative estimate of drug-likeness (QED) is 0.424. The second kappa shape index (κ2) is 8.47. The Labute approximate surface area is 163 Å². The molecule has 0 spiro atoms. The summed E-state index contributed by atoms with van der Waals surface area (Å²) in [6.45, 7) is -1.19. The second-order valence-corrected chi connectivity index (χ2v) is 7.21. The zero-order valence-electron chi connectivity index (χ0n) is 15.0. The zero-order chi connectivity index (χ0) is 20.3. The van der Waals surface area contributed by atoms with Crippen molar-refractivity contribution in [3.05, 3.63) is 59.9 Å². The first kappa shape index (κ1) is 19.9. The molecule has 1 aromatic heterocycles. The van der Waals surface area contributed by atoms with Crippen molar-refractivity contribution in [3.63, 3.8) is 0 Å². The van der Waals surface area contributed by atoms with Crippen molar-refractivity contribution >= 4 is 17.5 Å². The van der Waals surface area contributed by atoms with Crippen LogP contribution < -0.4 is 4.74 Å². The number of hydrogen-bond acceptors (Lipinski definition) is 5. The highest BCUT2D eigenvalue weighted by Crippen LogP contribution is 2.28. The summed E-state index contributed by atoms with van der Waals surface area (Å²) < 4.78 is 43.5. The lowest BCUT2D eigenvalue weighted by molar-refractivity contribution is -0.0498. The topological polar surface area (TPSA) is 57.0 Å². The molecule has 0 N–H and O–H groups in total. The van der Waals surface area contributed by atoms with Crippen LogP contribution in [0.25, 0.3) is 11.4 Å². The largest absolute Gasteiger partial charge is 0.435 e. The number of halogens is 3. The SMILES string of the molecule is C[C@H](Sc1nnc(-c2ccc(F)cc2)n1C)C(=O)c1ccc(OC(F)F)cc1. The minimum Gasteiger partial charge on any atom is -0.435 e. The average molecular weight is 407 g/mol. The second-order valence-electron chi connectivity index (χ2n) is 5.90. The summed E-state index contributed by atoms with van der Waals surface area (Å²) in [7, 11) is 1.76. The summed E-state index contributed by atoms with van der Waals surface area (Å²) in [6.07, 6.45) is 0. The van der Waals surface area contributed by atoms with E-state index in [0.29, 0.717) is 22.1 Å². The van der Waals surface area contributed by atoms with Gasteiger partial charge in [-0.25, -0.2) is 4.39 Å². The van der Waals surface area contributed by atoms with E-state index in [4.69, 9.17) is 0 Å². The number of Topliss-reactive ketones (excluding diaryl/α,β-unsaturated/α-hetero) is 1. The normalized spacial score (nSPS) is 12.2. The minimum absolute atomic E-state index is 0.0101. The maximum atomic E-state index is 13.1. The minimum atomic E-state index is -2.91. The van der Waals surface area contributed by atoms with Crippen LogP contribution in [0.5, 0.6) is 5.75 Å². The van der Waals surface area contributed by atoms with Crippen LogP contribution in [0.15, 0.2) is 53.7 Å². The summed E-state index contributed by atoms with van der Waals surface area (Å²) in [5.74, 6) is 0.0179. The van der Waals surface area contributed by atoms with Gasteiger partial charge in [0.05, 0.1) is 5.25 Å². The van der Waals surface area contributed by atoms with E-state index < -0.39 is 11.9 Å². The summed E-state index contributed by atoms with van der Waals surface area (Å²) in [5, 5.41) is 8.26. The van der Waals surface area contributed by atoms with Crippen LogP contribution in [0, 0.1) is 5.82 Å². The molecule has 0 fully saturated rings. The van der Waals surface area contributed by atoms with Gasteiger partial charge in [0.1, 0.15) is 11.6 Å². The molecular weight excluding hydrogens is 391 g/mol. The molecule has 0 aliphatic heterocycles. The van der Waals surface area contributed by atoms with Gasteiger partial charge in [-0.2, -0.15) is 8.78 Å². The highest BCUT2D eigenvalue weighted by atomic mass is 32.2. The number of rotatable bonds is 7. The van der Waals surface area contributed by atoms with Crippen LogP contribution >= 0.6 is 11.8 Å². The third-order valence-corrected chi connectivity index (χ3v) is 5.09. The van der Waals surface area contributed by atoms with Crippen LogP contribution in [0.2, 0.25) is 0 Å². The van der Waals surface area contributed by atoms with Crippen molar-refractivity contribution in [2.24, 2.45) is 7.05 Å². The number of ether oxygens (including phenoxy) is 1. The van der Waals surface area contributed by atoms with E-state index in [1.54, 1.807) is 30.7 Å². The Balaban J connectivity index is 1.71. The van der Waals surface area contributed by atoms with Gasteiger partial charge in [0.25, 0.3) is 0 Å². The fourth-order valence-corrected chi connectivity index (χ4v) is 3.41. The van der Waals surface area contributed by atoms with Gasteiger partial charge in [0.2, 0.25) is 0 Å². The fourth-order valence-electron chi connectivity index (χ4n) is 2.51. The molecule has 146 valence electrons. The molecule has 0 aliphatic rings. The predicted octanol–water partition coefficient (Wildman–Crippen LogP) is 4.59. The molecule has 3 rings (SSSR count). The molecule has 28 heavy (non-hydrogen) atoms. The van der Waals surface area contributed by atoms with Gasteiger partial charge in [-0.15, -0.1) is 10.2 Å². The van der Waals surface area contributed by atoms with Gasteiger partial charge in [0, 0.05) is 18.2 Å². The van der Waals surface area contributed by atoms with E-state index in [-0.39, 0.29) is 17.3 Å². The molecule has 0 amide bonds. The number of thioether (sulfide) groups is 1. The number of alkyl halides is 2. The zero-order valence-corrected chi connectivity index (χ0v) is 15.8. The molecule has 3 aromatic rings. The van der Waals surface area contributed by atoms with Crippen LogP contribution in [0.3, 0.4) is 0 Å². The van der Waals surface area contributed by atoms with Crippen molar-refractivity contribution in [1.29, 1.82) is 0 Å². The third kappa shape index (κ3) is 4.53. The standard InChI is InChI=1S/C19H16F3N3O2S/c1-11(16(26)12-5-9-15(10-6-12)27-18(21)22)28-19-24-23-17(25(19)2)13-3-7-14(20)8-4-13/h3-11,18H,1-2H3/t11-/m0/s1. The van der Waals surface area contributed by atoms with Crippen molar-refractivity contribution in [3.8, 4) is 17.1 Å². The van der Waals surface area contributed by atoms with E-state index in [9.17, 15) is 18.0 Å². The maximum Gasteiger partial charge on any atom is 0.387 e. The number of aromatic nitrogens is 3. The molecule has 9 heteroatoms. The number of benzene rings is 2. The van der Waals surface area contributed by atoms with E-state index in [2.05, 4.69) is 14.9 Å². The van der Waals surface area contributed by atoms with Gasteiger partial charge in [0.15, 0.2) is 16.8 Å². The first-order chi connectivity index (χ1) is 13.3. The summed E-state index contributed by atoms with van der Waals surface area (Å²) >= 11 is 1.22. The molecule has 5 nitrogen and oxygen atoms in total. The first-order valence-electron chi connectivity index (χ1n) is 8.26. The number of hydrogen-bond donors (Lipinski definition) is 0. The van der Waals surface area contributed by atoms with Gasteiger partial charge in [-0.3, -0.25) is 4.79 Å². The van der Waals surface area contributed by atoms with E-state index in [1.165, 1.54) is 48.2 Å².